The molecule has 1 aliphatic heterocycles. The number of piperidine rings is 1. The molecule has 7 nitrogen and oxygen atoms in total. The topological polar surface area (TPSA) is 95.6 Å². The number of amides is 2. The summed E-state index contributed by atoms with van der Waals surface area (Å²) in [6.07, 6.45) is 4.31. The van der Waals surface area contributed by atoms with E-state index in [-0.39, 0.29) is 18.4 Å². The Labute approximate surface area is 190 Å². The Kier molecular flexibility index (Phi) is 6.52. The van der Waals surface area contributed by atoms with Crippen LogP contribution >= 0.6 is 22.7 Å². The summed E-state index contributed by atoms with van der Waals surface area (Å²) >= 11 is 2.72. The summed E-state index contributed by atoms with van der Waals surface area (Å²) in [6, 6.07) is 5.32. The number of aryl methyl sites for hydroxylation is 2. The van der Waals surface area contributed by atoms with E-state index in [2.05, 4.69) is 17.8 Å². The summed E-state index contributed by atoms with van der Waals surface area (Å²) in [7, 11) is -3.60. The van der Waals surface area contributed by atoms with Gasteiger partial charge in [0.2, 0.25) is 5.91 Å². The van der Waals surface area contributed by atoms with Crippen molar-refractivity contribution < 1.29 is 18.0 Å². The molecule has 31 heavy (non-hydrogen) atoms. The van der Waals surface area contributed by atoms with Crippen LogP contribution in [0, 0.1) is 18.8 Å². The quantitative estimate of drug-likeness (QED) is 0.656. The average molecular weight is 482 g/mol. The maximum atomic E-state index is 12.9. The number of carbonyl (C=O) groups is 2. The van der Waals surface area contributed by atoms with Crippen molar-refractivity contribution in [1.82, 2.24) is 15.2 Å². The smallest absolute Gasteiger partial charge is 0.273 e. The fraction of sp³-hybridized carbons (Fsp3) is 0.524. The highest BCUT2D eigenvalue weighted by atomic mass is 32.2. The number of rotatable bonds is 4. The first-order valence-electron chi connectivity index (χ1n) is 10.5. The van der Waals surface area contributed by atoms with E-state index in [1.165, 1.54) is 37.4 Å². The van der Waals surface area contributed by atoms with Gasteiger partial charge < -0.3 is 0 Å². The summed E-state index contributed by atoms with van der Waals surface area (Å²) < 4.78 is 27.4. The van der Waals surface area contributed by atoms with Gasteiger partial charge in [-0.05, 0) is 68.7 Å². The molecule has 3 heterocycles. The summed E-state index contributed by atoms with van der Waals surface area (Å²) in [4.78, 5) is 27.9. The third-order valence-corrected chi connectivity index (χ3v) is 10.5. The van der Waals surface area contributed by atoms with Crippen LogP contribution in [0.3, 0.4) is 0 Å². The summed E-state index contributed by atoms with van der Waals surface area (Å²) in [5.74, 6) is -0.552. The van der Waals surface area contributed by atoms with Crippen molar-refractivity contribution >= 4 is 44.5 Å². The van der Waals surface area contributed by atoms with Gasteiger partial charge in [-0.15, -0.1) is 22.7 Å². The van der Waals surface area contributed by atoms with Gasteiger partial charge in [-0.1, -0.05) is 6.92 Å². The van der Waals surface area contributed by atoms with Crippen LogP contribution in [0.1, 0.15) is 51.2 Å². The van der Waals surface area contributed by atoms with Crippen molar-refractivity contribution in [3.8, 4) is 0 Å². The maximum Gasteiger partial charge on any atom is 0.279 e. The second-order valence-electron chi connectivity index (χ2n) is 8.42. The molecule has 1 saturated heterocycles. The monoisotopic (exact) mass is 481 g/mol. The van der Waals surface area contributed by atoms with Crippen molar-refractivity contribution in [2.45, 2.75) is 50.2 Å². The van der Waals surface area contributed by atoms with Crippen LogP contribution < -0.4 is 10.9 Å². The zero-order chi connectivity index (χ0) is 22.2. The zero-order valence-corrected chi connectivity index (χ0v) is 20.1. The highest BCUT2D eigenvalue weighted by molar-refractivity contribution is 7.91. The van der Waals surface area contributed by atoms with Crippen molar-refractivity contribution in [1.29, 1.82) is 0 Å². The van der Waals surface area contributed by atoms with Crippen LogP contribution in [0.2, 0.25) is 0 Å². The predicted molar refractivity (Wildman–Crippen MR) is 122 cm³/mol. The Bertz CT molecular complexity index is 1090. The van der Waals surface area contributed by atoms with Gasteiger partial charge in [-0.25, -0.2) is 8.42 Å². The molecule has 10 heteroatoms. The van der Waals surface area contributed by atoms with Gasteiger partial charge in [0.15, 0.2) is 0 Å². The number of fused-ring (bicyclic) bond motifs is 1. The number of hydrogen-bond donors (Lipinski definition) is 2. The fourth-order valence-electron chi connectivity index (χ4n) is 4.15. The molecular formula is C21H27N3O4S3. The Balaban J connectivity index is 1.35. The normalized spacial score (nSPS) is 22.0. The number of hydrazine groups is 1. The van der Waals surface area contributed by atoms with Crippen molar-refractivity contribution in [2.75, 3.05) is 13.1 Å². The lowest BCUT2D eigenvalue weighted by Gasteiger charge is -2.30. The van der Waals surface area contributed by atoms with Gasteiger partial charge in [-0.3, -0.25) is 20.4 Å². The largest absolute Gasteiger partial charge is 0.279 e. The van der Waals surface area contributed by atoms with E-state index in [1.807, 2.05) is 13.0 Å². The third kappa shape index (κ3) is 4.87. The number of nitrogens with one attached hydrogen (secondary N) is 2. The lowest BCUT2D eigenvalue weighted by atomic mass is 9.90. The molecular weight excluding hydrogens is 454 g/mol. The fourth-order valence-corrected chi connectivity index (χ4v) is 8.22. The molecule has 2 aliphatic rings. The molecule has 1 aliphatic carbocycles. The predicted octanol–water partition coefficient (Wildman–Crippen LogP) is 3.10. The number of carbonyl (C=O) groups excluding carboxylic acids is 2. The first kappa shape index (κ1) is 22.4. The van der Waals surface area contributed by atoms with Crippen LogP contribution in [0.4, 0.5) is 0 Å². The zero-order valence-electron chi connectivity index (χ0n) is 17.6. The highest BCUT2D eigenvalue weighted by Crippen LogP contribution is 2.32. The Morgan fingerprint density at radius 2 is 1.97 bits per heavy atom. The van der Waals surface area contributed by atoms with Crippen molar-refractivity contribution in [2.24, 2.45) is 11.8 Å². The maximum absolute atomic E-state index is 12.9. The van der Waals surface area contributed by atoms with Crippen molar-refractivity contribution in [3.63, 3.8) is 0 Å². The lowest BCUT2D eigenvalue weighted by molar-refractivity contribution is -0.126. The summed E-state index contributed by atoms with van der Waals surface area (Å²) in [5, 5.41) is 0. The summed E-state index contributed by atoms with van der Waals surface area (Å²) in [6.45, 7) is 4.60. The van der Waals surface area contributed by atoms with Crippen LogP contribution in [0.5, 0.6) is 0 Å². The van der Waals surface area contributed by atoms with E-state index < -0.39 is 15.9 Å². The first-order valence-corrected chi connectivity index (χ1v) is 13.6. The Morgan fingerprint density at radius 3 is 2.71 bits per heavy atom. The molecule has 2 amide bonds. The molecule has 0 spiro atoms. The molecule has 2 aromatic heterocycles. The van der Waals surface area contributed by atoms with E-state index in [0.717, 1.165) is 24.1 Å². The molecule has 2 aromatic rings. The van der Waals surface area contributed by atoms with E-state index >= 15 is 0 Å². The molecule has 0 radical (unpaired) electrons. The molecule has 0 saturated carbocycles. The van der Waals surface area contributed by atoms with Crippen LogP contribution in [0.25, 0.3) is 0 Å². The minimum atomic E-state index is -3.60. The van der Waals surface area contributed by atoms with Gasteiger partial charge in [0.25, 0.3) is 15.9 Å². The van der Waals surface area contributed by atoms with Gasteiger partial charge in [0.05, 0.1) is 10.8 Å². The first-order chi connectivity index (χ1) is 14.7. The molecule has 168 valence electrons. The van der Waals surface area contributed by atoms with Crippen molar-refractivity contribution in [3.05, 3.63) is 38.4 Å². The summed E-state index contributed by atoms with van der Waals surface area (Å²) in [5.41, 5.74) is 6.25. The minimum Gasteiger partial charge on any atom is -0.273 e. The molecule has 0 unspecified atom stereocenters. The molecule has 2 atom stereocenters. The highest BCUT2D eigenvalue weighted by Gasteiger charge is 2.34. The van der Waals surface area contributed by atoms with Gasteiger partial charge in [0.1, 0.15) is 4.21 Å². The van der Waals surface area contributed by atoms with E-state index in [1.54, 1.807) is 12.1 Å². The van der Waals surface area contributed by atoms with E-state index in [9.17, 15) is 18.0 Å². The van der Waals surface area contributed by atoms with Gasteiger partial charge >= 0.3 is 0 Å². The number of hydrogen-bond acceptors (Lipinski definition) is 6. The number of sulfonamides is 1. The van der Waals surface area contributed by atoms with Gasteiger partial charge in [-0.2, -0.15) is 4.31 Å². The molecule has 0 bridgehead atoms. The SMILES string of the molecule is Cc1ccc(S(=O)(=O)N2CCC[C@H](C(=O)NNC(=O)c3cc4c(s3)CC[C@@H](C)C4)C2)s1. The minimum absolute atomic E-state index is 0.117. The van der Waals surface area contributed by atoms with E-state index in [0.29, 0.717) is 34.4 Å². The average Bonchev–Trinajstić information content (AvgIpc) is 3.38. The second-order valence-corrected chi connectivity index (χ2v) is 13.0. The Hall–Kier alpha value is -1.75. The van der Waals surface area contributed by atoms with E-state index in [4.69, 9.17) is 0 Å². The van der Waals surface area contributed by atoms with Gasteiger partial charge in [0, 0.05) is 22.8 Å². The Morgan fingerprint density at radius 1 is 1.16 bits per heavy atom. The molecule has 2 N–H and O–H groups in total. The standard InChI is InChI=1S/C21H27N3O4S3/c1-13-5-7-17-16(10-13)11-18(30-17)21(26)23-22-20(25)15-4-3-9-24(12-15)31(27,28)19-8-6-14(2)29-19/h6,8,11,13,15H,3-5,7,9-10,12H2,1-2H3,(H,22,25)(H,23,26)/t13-,15+/m1/s1. The third-order valence-electron chi connectivity index (χ3n) is 5.92. The van der Waals surface area contributed by atoms with Crippen LogP contribution in [0.15, 0.2) is 22.4 Å². The van der Waals surface area contributed by atoms with Crippen LogP contribution in [-0.2, 0) is 27.7 Å². The molecule has 0 aromatic carbocycles. The molecule has 1 fully saturated rings. The number of thiophene rings is 2. The lowest BCUT2D eigenvalue weighted by Crippen LogP contribution is -2.49. The molecule has 4 rings (SSSR count). The number of nitrogens with zero attached hydrogens (tertiary/aromatic N) is 1. The van der Waals surface area contributed by atoms with Crippen LogP contribution in [-0.4, -0.2) is 37.6 Å². The second kappa shape index (κ2) is 9.01.